The molecule has 0 N–H and O–H groups in total. The van der Waals surface area contributed by atoms with Gasteiger partial charge in [-0.25, -0.2) is 0 Å². The third-order valence-corrected chi connectivity index (χ3v) is 12.6. The molecule has 0 fully saturated rings. The Balaban J connectivity index is 1.15. The van der Waals surface area contributed by atoms with Crippen LogP contribution in [0.15, 0.2) is 180 Å². The van der Waals surface area contributed by atoms with Crippen LogP contribution >= 0.6 is 0 Å². The fourth-order valence-corrected chi connectivity index (χ4v) is 9.63. The van der Waals surface area contributed by atoms with Gasteiger partial charge in [-0.2, -0.15) is 0 Å². The van der Waals surface area contributed by atoms with E-state index in [9.17, 15) is 0 Å². The Labute approximate surface area is 328 Å². The van der Waals surface area contributed by atoms with Crippen molar-refractivity contribution < 1.29 is 4.42 Å². The van der Waals surface area contributed by atoms with E-state index in [1.807, 2.05) is 0 Å². The minimum absolute atomic E-state index is 0.291. The van der Waals surface area contributed by atoms with E-state index < -0.39 is 0 Å². The molecule has 3 heterocycles. The van der Waals surface area contributed by atoms with Gasteiger partial charge in [0, 0.05) is 27.2 Å². The van der Waals surface area contributed by atoms with Crippen molar-refractivity contribution in [2.24, 2.45) is 0 Å². The van der Waals surface area contributed by atoms with Crippen LogP contribution in [0.3, 0.4) is 0 Å². The molecule has 56 heavy (non-hydrogen) atoms. The number of nitrogens with zero attached hydrogens (tertiary/aromatic N) is 1. The van der Waals surface area contributed by atoms with E-state index in [1.54, 1.807) is 0 Å². The van der Waals surface area contributed by atoms with E-state index >= 15 is 0 Å². The van der Waals surface area contributed by atoms with Crippen molar-refractivity contribution in [2.45, 2.75) is 38.5 Å². The fraction of sp³-hybridized carbons (Fsp3) is 0.111. The van der Waals surface area contributed by atoms with E-state index in [-0.39, 0.29) is 10.8 Å². The Hall–Kier alpha value is -6.64. The van der Waals surface area contributed by atoms with Gasteiger partial charge in [-0.15, -0.1) is 0 Å². The number of fused-ring (bicyclic) bond motifs is 8. The van der Waals surface area contributed by atoms with Crippen molar-refractivity contribution >= 4 is 39.0 Å². The van der Waals surface area contributed by atoms with E-state index in [0.717, 1.165) is 16.6 Å². The largest absolute Gasteiger partial charge is 0.456 e. The normalized spacial score (nSPS) is 14.7. The molecule has 0 spiro atoms. The average molecular weight is 720 g/mol. The molecule has 1 aromatic heterocycles. The summed E-state index contributed by atoms with van der Waals surface area (Å²) in [5, 5.41) is 2.34. The first-order valence-electron chi connectivity index (χ1n) is 19.7. The van der Waals surface area contributed by atoms with Gasteiger partial charge in [0.25, 0.3) is 0 Å². The predicted molar refractivity (Wildman–Crippen MR) is 234 cm³/mol. The smallest absolute Gasteiger partial charge is 0.141 e. The van der Waals surface area contributed by atoms with Crippen LogP contribution in [0.2, 0.25) is 0 Å². The van der Waals surface area contributed by atoms with Gasteiger partial charge in [0.15, 0.2) is 0 Å². The number of hydrogen-bond acceptors (Lipinski definition) is 2. The van der Waals surface area contributed by atoms with Crippen LogP contribution in [0.25, 0.3) is 66.4 Å². The zero-order chi connectivity index (χ0) is 37.8. The Morgan fingerprint density at radius 1 is 0.375 bits per heavy atom. The highest BCUT2D eigenvalue weighted by Gasteiger charge is 2.47. The molecule has 268 valence electrons. The van der Waals surface area contributed by atoms with E-state index in [1.165, 1.54) is 89.2 Å². The van der Waals surface area contributed by atoms with Crippen LogP contribution in [-0.4, -0.2) is 0 Å². The minimum atomic E-state index is -0.359. The van der Waals surface area contributed by atoms with Crippen molar-refractivity contribution in [2.75, 3.05) is 4.90 Å². The number of benzene rings is 8. The summed E-state index contributed by atoms with van der Waals surface area (Å²) in [5.41, 5.74) is 19.9. The highest BCUT2D eigenvalue weighted by Crippen LogP contribution is 2.62. The maximum absolute atomic E-state index is 6.91. The van der Waals surface area contributed by atoms with Gasteiger partial charge in [-0.1, -0.05) is 155 Å². The summed E-state index contributed by atoms with van der Waals surface area (Å²) in [6.07, 6.45) is 0. The van der Waals surface area contributed by atoms with Crippen molar-refractivity contribution in [3.63, 3.8) is 0 Å². The molecule has 0 atom stereocenters. The topological polar surface area (TPSA) is 16.4 Å². The molecule has 0 radical (unpaired) electrons. The number of anilines is 3. The molecular weight excluding hydrogens is 679 g/mol. The zero-order valence-electron chi connectivity index (χ0n) is 32.1. The summed E-state index contributed by atoms with van der Waals surface area (Å²) in [5.74, 6) is 0. The van der Waals surface area contributed by atoms with Crippen LogP contribution in [0.5, 0.6) is 0 Å². The molecule has 11 rings (SSSR count). The van der Waals surface area contributed by atoms with Gasteiger partial charge in [-0.3, -0.25) is 0 Å². The monoisotopic (exact) mass is 719 g/mol. The lowest BCUT2D eigenvalue weighted by molar-refractivity contribution is 0.583. The molecule has 8 aromatic carbocycles. The molecule has 9 aromatic rings. The zero-order valence-corrected chi connectivity index (χ0v) is 32.1. The molecule has 0 unspecified atom stereocenters. The van der Waals surface area contributed by atoms with E-state index in [2.05, 4.69) is 209 Å². The first-order valence-corrected chi connectivity index (χ1v) is 19.7. The number of para-hydroxylation sites is 1. The molecule has 0 aliphatic carbocycles. The summed E-state index contributed by atoms with van der Waals surface area (Å²) < 4.78 is 6.91. The van der Waals surface area contributed by atoms with Crippen LogP contribution in [0, 0.1) is 0 Å². The van der Waals surface area contributed by atoms with Crippen molar-refractivity contribution in [3.05, 3.63) is 198 Å². The molecule has 2 aliphatic heterocycles. The maximum atomic E-state index is 6.91. The van der Waals surface area contributed by atoms with Crippen LogP contribution < -0.4 is 4.90 Å². The third-order valence-electron chi connectivity index (χ3n) is 12.6. The van der Waals surface area contributed by atoms with Crippen molar-refractivity contribution in [1.29, 1.82) is 0 Å². The fourth-order valence-electron chi connectivity index (χ4n) is 9.63. The Kier molecular flexibility index (Phi) is 6.98. The quantitative estimate of drug-likeness (QED) is 0.180. The molecule has 0 saturated heterocycles. The highest BCUT2D eigenvalue weighted by molar-refractivity contribution is 6.11. The molecular formula is C54H41NO. The van der Waals surface area contributed by atoms with Gasteiger partial charge in [-0.05, 0) is 110 Å². The van der Waals surface area contributed by atoms with Crippen molar-refractivity contribution in [3.8, 4) is 44.5 Å². The standard InChI is InChI=1S/C54H41NO/c1-53(2)44-31-40(38-21-13-19-36(29-38)34-15-7-5-8-16-34)25-27-47(44)55-48-28-26-41(39-22-14-20-37(30-39)35-17-9-6-10-18-35)32-45(48)54(3,4)50-51(55)46(53)33-43-42-23-11-12-24-49(42)56-52(43)50/h5-33H,1-4H3. The SMILES string of the molecule is CC1(C)c2cc(-c3cccc(-c4ccccc4)c3)ccc2N2c3ccc(-c4cccc(-c5ccccc5)c4)cc3C(C)(C)c3c2c1cc1c3oc2ccccc21. The van der Waals surface area contributed by atoms with E-state index in [4.69, 9.17) is 4.42 Å². The summed E-state index contributed by atoms with van der Waals surface area (Å²) in [4.78, 5) is 2.55. The summed E-state index contributed by atoms with van der Waals surface area (Å²) >= 11 is 0. The second-order valence-electron chi connectivity index (χ2n) is 16.6. The molecule has 0 amide bonds. The summed E-state index contributed by atoms with van der Waals surface area (Å²) in [6.45, 7) is 9.59. The third kappa shape index (κ3) is 4.75. The Bertz CT molecular complexity index is 3010. The van der Waals surface area contributed by atoms with Crippen LogP contribution in [0.1, 0.15) is 49.9 Å². The lowest BCUT2D eigenvalue weighted by Crippen LogP contribution is -2.38. The number of hydrogen-bond donors (Lipinski definition) is 0. The first kappa shape index (κ1) is 32.8. The van der Waals surface area contributed by atoms with Gasteiger partial charge in [0.1, 0.15) is 11.2 Å². The van der Waals surface area contributed by atoms with Crippen molar-refractivity contribution in [1.82, 2.24) is 0 Å². The second-order valence-corrected chi connectivity index (χ2v) is 16.6. The molecule has 0 bridgehead atoms. The predicted octanol–water partition coefficient (Wildman–Crippen LogP) is 15.0. The highest BCUT2D eigenvalue weighted by atomic mass is 16.3. The minimum Gasteiger partial charge on any atom is -0.456 e. The Morgan fingerprint density at radius 3 is 1.41 bits per heavy atom. The van der Waals surface area contributed by atoms with Gasteiger partial charge in [0.05, 0.1) is 17.1 Å². The van der Waals surface area contributed by atoms with Gasteiger partial charge < -0.3 is 9.32 Å². The summed E-state index contributed by atoms with van der Waals surface area (Å²) in [7, 11) is 0. The average Bonchev–Trinajstić information content (AvgIpc) is 3.62. The molecule has 0 saturated carbocycles. The Morgan fingerprint density at radius 2 is 0.839 bits per heavy atom. The lowest BCUT2D eigenvalue weighted by Gasteiger charge is -2.49. The lowest BCUT2D eigenvalue weighted by atomic mass is 9.65. The maximum Gasteiger partial charge on any atom is 0.141 e. The number of rotatable bonds is 4. The first-order chi connectivity index (χ1) is 27.3. The van der Waals surface area contributed by atoms with E-state index in [0.29, 0.717) is 0 Å². The number of furan rings is 1. The molecule has 2 heteroatoms. The second kappa shape index (κ2) is 11.9. The van der Waals surface area contributed by atoms with Gasteiger partial charge in [0.2, 0.25) is 0 Å². The molecule has 2 aliphatic rings. The molecule has 2 nitrogen and oxygen atoms in total. The van der Waals surface area contributed by atoms with Gasteiger partial charge >= 0.3 is 0 Å². The van der Waals surface area contributed by atoms with Crippen LogP contribution in [-0.2, 0) is 10.8 Å². The van der Waals surface area contributed by atoms with Crippen LogP contribution in [0.4, 0.5) is 17.1 Å². The summed E-state index contributed by atoms with van der Waals surface area (Å²) in [6, 6.07) is 64.4.